The molecular formula is C18H17N3O2. The van der Waals surface area contributed by atoms with Crippen molar-refractivity contribution in [3.63, 3.8) is 0 Å². The van der Waals surface area contributed by atoms with E-state index in [1.54, 1.807) is 30.6 Å². The molecule has 0 unspecified atom stereocenters. The third kappa shape index (κ3) is 2.48. The summed E-state index contributed by atoms with van der Waals surface area (Å²) in [6.07, 6.45) is 8.15. The van der Waals surface area contributed by atoms with Gasteiger partial charge in [0.05, 0.1) is 0 Å². The number of rotatable bonds is 2. The number of aromatic nitrogens is 2. The van der Waals surface area contributed by atoms with E-state index in [0.717, 1.165) is 24.6 Å². The molecule has 1 N–H and O–H groups in total. The summed E-state index contributed by atoms with van der Waals surface area (Å²) in [6.45, 7) is 2.01. The molecule has 0 bridgehead atoms. The van der Waals surface area contributed by atoms with Gasteiger partial charge in [-0.05, 0) is 25.0 Å². The minimum absolute atomic E-state index is 0.0282. The first-order chi connectivity index (χ1) is 11.2. The van der Waals surface area contributed by atoms with Crippen molar-refractivity contribution in [3.05, 3.63) is 52.9 Å². The molecule has 2 heterocycles. The van der Waals surface area contributed by atoms with Crippen molar-refractivity contribution in [2.75, 3.05) is 18.0 Å². The summed E-state index contributed by atoms with van der Waals surface area (Å²) in [6, 6.07) is 5.07. The van der Waals surface area contributed by atoms with E-state index in [2.05, 4.69) is 14.9 Å². The summed E-state index contributed by atoms with van der Waals surface area (Å²) < 4.78 is 0. The third-order valence-electron chi connectivity index (χ3n) is 4.44. The van der Waals surface area contributed by atoms with Crippen LogP contribution in [0.15, 0.2) is 36.2 Å². The fourth-order valence-electron chi connectivity index (χ4n) is 3.22. The molecule has 5 heteroatoms. The predicted octanol–water partition coefficient (Wildman–Crippen LogP) is 2.60. The number of aromatic hydroxyl groups is 1. The maximum atomic E-state index is 12.4. The van der Waals surface area contributed by atoms with Crippen LogP contribution in [0.4, 0.5) is 5.95 Å². The van der Waals surface area contributed by atoms with Crippen LogP contribution in [-0.4, -0.2) is 33.9 Å². The van der Waals surface area contributed by atoms with Crippen LogP contribution in [0, 0.1) is 0 Å². The van der Waals surface area contributed by atoms with Crippen molar-refractivity contribution in [2.24, 2.45) is 0 Å². The number of nitrogens with zero attached hydrogens (tertiary/aromatic N) is 3. The van der Waals surface area contributed by atoms with E-state index in [9.17, 15) is 9.90 Å². The molecule has 116 valence electrons. The predicted molar refractivity (Wildman–Crippen MR) is 87.6 cm³/mol. The first-order valence-corrected chi connectivity index (χ1v) is 7.85. The van der Waals surface area contributed by atoms with Gasteiger partial charge in [0, 0.05) is 54.2 Å². The zero-order valence-electron chi connectivity index (χ0n) is 12.7. The first-order valence-electron chi connectivity index (χ1n) is 7.85. The molecule has 0 atom stereocenters. The van der Waals surface area contributed by atoms with Crippen LogP contribution in [0.3, 0.4) is 0 Å². The lowest BCUT2D eigenvalue weighted by molar-refractivity contribution is 0.104. The molecule has 2 aliphatic rings. The third-order valence-corrected chi connectivity index (χ3v) is 4.44. The highest BCUT2D eigenvalue weighted by Gasteiger charge is 2.26. The standard InChI is InChI=1S/C18H17N3O2/c22-16-5-3-4-14-15(16)9-13(17(14)23)8-12-10-19-18(20-11-12)21-6-1-2-7-21/h3-5,8,10-11,22H,1-2,6-7,9H2/b13-8-. The summed E-state index contributed by atoms with van der Waals surface area (Å²) in [5.41, 5.74) is 2.77. The van der Waals surface area contributed by atoms with Gasteiger partial charge < -0.3 is 10.0 Å². The zero-order valence-corrected chi connectivity index (χ0v) is 12.7. The first kappa shape index (κ1) is 13.9. The van der Waals surface area contributed by atoms with Crippen LogP contribution in [-0.2, 0) is 6.42 Å². The molecule has 1 aliphatic heterocycles. The zero-order chi connectivity index (χ0) is 15.8. The van der Waals surface area contributed by atoms with Crippen LogP contribution in [0.5, 0.6) is 5.75 Å². The molecule has 1 fully saturated rings. The number of fused-ring (bicyclic) bond motifs is 1. The van der Waals surface area contributed by atoms with E-state index in [4.69, 9.17) is 0 Å². The molecule has 4 rings (SSSR count). The number of phenolic OH excluding ortho intramolecular Hbond substituents is 1. The SMILES string of the molecule is O=C1/C(=C\c2cnc(N3CCCC3)nc2)Cc2c(O)cccc21. The van der Waals surface area contributed by atoms with Gasteiger partial charge in [-0.1, -0.05) is 12.1 Å². The van der Waals surface area contributed by atoms with Crippen molar-refractivity contribution in [1.29, 1.82) is 0 Å². The second-order valence-electron chi connectivity index (χ2n) is 5.99. The Balaban J connectivity index is 1.59. The normalized spacial score (nSPS) is 18.7. The highest BCUT2D eigenvalue weighted by atomic mass is 16.3. The number of benzene rings is 1. The lowest BCUT2D eigenvalue weighted by Crippen LogP contribution is -2.20. The van der Waals surface area contributed by atoms with Crippen LogP contribution in [0.2, 0.25) is 0 Å². The van der Waals surface area contributed by atoms with Crippen LogP contribution in [0.1, 0.15) is 34.3 Å². The van der Waals surface area contributed by atoms with E-state index in [1.807, 2.05) is 6.08 Å². The lowest BCUT2D eigenvalue weighted by Gasteiger charge is -2.14. The van der Waals surface area contributed by atoms with Crippen molar-refractivity contribution in [1.82, 2.24) is 9.97 Å². The molecule has 1 aromatic heterocycles. The number of hydrogen-bond donors (Lipinski definition) is 1. The quantitative estimate of drug-likeness (QED) is 0.864. The average molecular weight is 307 g/mol. The van der Waals surface area contributed by atoms with Crippen LogP contribution >= 0.6 is 0 Å². The summed E-state index contributed by atoms with van der Waals surface area (Å²) in [7, 11) is 0. The highest BCUT2D eigenvalue weighted by molar-refractivity contribution is 6.16. The molecule has 1 aromatic carbocycles. The number of hydrogen-bond acceptors (Lipinski definition) is 5. The molecule has 0 spiro atoms. The number of Topliss-reactive ketones (excluding diaryl/α,β-unsaturated/α-hetero) is 1. The second-order valence-corrected chi connectivity index (χ2v) is 5.99. The van der Waals surface area contributed by atoms with Gasteiger partial charge in [-0.15, -0.1) is 0 Å². The fourth-order valence-corrected chi connectivity index (χ4v) is 3.22. The average Bonchev–Trinajstić information content (AvgIpc) is 3.19. The van der Waals surface area contributed by atoms with Gasteiger partial charge in [0.25, 0.3) is 0 Å². The van der Waals surface area contributed by atoms with E-state index < -0.39 is 0 Å². The Bertz CT molecular complexity index is 790. The Kier molecular flexibility index (Phi) is 3.33. The van der Waals surface area contributed by atoms with Crippen molar-refractivity contribution in [3.8, 4) is 5.75 Å². The molecule has 2 aromatic rings. The van der Waals surface area contributed by atoms with Crippen molar-refractivity contribution < 1.29 is 9.90 Å². The number of phenols is 1. The summed E-state index contributed by atoms with van der Waals surface area (Å²) in [4.78, 5) is 23.4. The Hall–Kier alpha value is -2.69. The van der Waals surface area contributed by atoms with E-state index in [0.29, 0.717) is 23.1 Å². The largest absolute Gasteiger partial charge is 0.508 e. The molecule has 0 saturated carbocycles. The maximum Gasteiger partial charge on any atom is 0.225 e. The summed E-state index contributed by atoms with van der Waals surface area (Å²) >= 11 is 0. The minimum atomic E-state index is -0.0282. The monoisotopic (exact) mass is 307 g/mol. The van der Waals surface area contributed by atoms with E-state index in [-0.39, 0.29) is 11.5 Å². The van der Waals surface area contributed by atoms with Gasteiger partial charge in [0.1, 0.15) is 5.75 Å². The Labute approximate surface area is 134 Å². The van der Waals surface area contributed by atoms with Crippen molar-refractivity contribution >= 4 is 17.8 Å². The molecule has 1 saturated heterocycles. The molecule has 23 heavy (non-hydrogen) atoms. The Morgan fingerprint density at radius 1 is 1.13 bits per heavy atom. The number of ketones is 1. The van der Waals surface area contributed by atoms with Gasteiger partial charge in [0.15, 0.2) is 5.78 Å². The van der Waals surface area contributed by atoms with Gasteiger partial charge in [-0.3, -0.25) is 4.79 Å². The number of allylic oxidation sites excluding steroid dienone is 1. The molecule has 1 aliphatic carbocycles. The fraction of sp³-hybridized carbons (Fsp3) is 0.278. The topological polar surface area (TPSA) is 66.3 Å². The smallest absolute Gasteiger partial charge is 0.225 e. The number of carbonyl (C=O) groups excluding carboxylic acids is 1. The lowest BCUT2D eigenvalue weighted by atomic mass is 10.1. The van der Waals surface area contributed by atoms with Gasteiger partial charge in [-0.2, -0.15) is 0 Å². The minimum Gasteiger partial charge on any atom is -0.508 e. The molecule has 0 radical (unpaired) electrons. The van der Waals surface area contributed by atoms with Crippen LogP contribution in [0.25, 0.3) is 6.08 Å². The second kappa shape index (κ2) is 5.50. The van der Waals surface area contributed by atoms with Gasteiger partial charge >= 0.3 is 0 Å². The van der Waals surface area contributed by atoms with Gasteiger partial charge in [0.2, 0.25) is 5.95 Å². The van der Waals surface area contributed by atoms with Crippen LogP contribution < -0.4 is 4.90 Å². The number of carbonyl (C=O) groups is 1. The van der Waals surface area contributed by atoms with E-state index in [1.165, 1.54) is 12.8 Å². The molecule has 0 amide bonds. The number of anilines is 1. The van der Waals surface area contributed by atoms with E-state index >= 15 is 0 Å². The highest BCUT2D eigenvalue weighted by Crippen LogP contribution is 2.33. The summed E-state index contributed by atoms with van der Waals surface area (Å²) in [5, 5.41) is 9.88. The van der Waals surface area contributed by atoms with Crippen molar-refractivity contribution in [2.45, 2.75) is 19.3 Å². The Morgan fingerprint density at radius 3 is 2.57 bits per heavy atom. The molecule has 5 nitrogen and oxygen atoms in total. The maximum absolute atomic E-state index is 12.4. The Morgan fingerprint density at radius 2 is 1.87 bits per heavy atom. The van der Waals surface area contributed by atoms with Gasteiger partial charge in [-0.25, -0.2) is 9.97 Å². The molecular weight excluding hydrogens is 290 g/mol. The summed E-state index contributed by atoms with van der Waals surface area (Å²) in [5.74, 6) is 0.905.